The van der Waals surface area contributed by atoms with Crippen LogP contribution in [0.1, 0.15) is 5.56 Å². The normalized spacial score (nSPS) is 16.8. The van der Waals surface area contributed by atoms with Crippen LogP contribution < -0.4 is 4.52 Å². The molecular formula is C13H17Br4O4P. The maximum absolute atomic E-state index is 12.8. The smallest absolute Gasteiger partial charge is 0.404 e. The van der Waals surface area contributed by atoms with Gasteiger partial charge in [0, 0.05) is 20.3 Å². The van der Waals surface area contributed by atoms with Gasteiger partial charge in [0.2, 0.25) is 0 Å². The minimum atomic E-state index is -3.69. The summed E-state index contributed by atoms with van der Waals surface area (Å²) in [4.78, 5) is 0.0315. The maximum atomic E-state index is 12.8. The fraction of sp³-hybridized carbons (Fsp3) is 0.538. The van der Waals surface area contributed by atoms with Crippen LogP contribution in [0.3, 0.4) is 0 Å². The SMILES string of the molecule is Cc1ccc(OP(=O)(OCC(Br)CBr)OCC(Br)CBr)cc1. The Morgan fingerprint density at radius 1 is 1.00 bits per heavy atom. The second-order valence-electron chi connectivity index (χ2n) is 4.45. The molecule has 0 saturated heterocycles. The van der Waals surface area contributed by atoms with E-state index in [0.29, 0.717) is 16.4 Å². The Labute approximate surface area is 164 Å². The summed E-state index contributed by atoms with van der Waals surface area (Å²) in [5, 5.41) is 1.33. The minimum absolute atomic E-state index is 0.0157. The molecule has 1 rings (SSSR count). The first-order valence-electron chi connectivity index (χ1n) is 6.44. The standard InChI is InChI=1S/C13H17Br4O4P/c1-10-2-4-13(5-3-10)21-22(18,19-8-11(16)6-14)20-9-12(17)7-15/h2-5,11-12H,6-9H2,1H3. The van der Waals surface area contributed by atoms with Gasteiger partial charge in [0.1, 0.15) is 5.75 Å². The minimum Gasteiger partial charge on any atom is -0.404 e. The molecule has 0 aliphatic rings. The molecule has 0 N–H and O–H groups in total. The van der Waals surface area contributed by atoms with Crippen LogP contribution in [-0.2, 0) is 13.6 Å². The molecular weight excluding hydrogens is 571 g/mol. The summed E-state index contributed by atoms with van der Waals surface area (Å²) in [7, 11) is -3.69. The van der Waals surface area contributed by atoms with Crippen LogP contribution in [-0.4, -0.2) is 33.5 Å². The van der Waals surface area contributed by atoms with Crippen LogP contribution in [0.25, 0.3) is 0 Å². The van der Waals surface area contributed by atoms with Crippen molar-refractivity contribution in [2.75, 3.05) is 23.9 Å². The van der Waals surface area contributed by atoms with Crippen molar-refractivity contribution in [1.29, 1.82) is 0 Å². The molecule has 0 radical (unpaired) electrons. The van der Waals surface area contributed by atoms with E-state index in [1.54, 1.807) is 12.1 Å². The summed E-state index contributed by atoms with van der Waals surface area (Å²) in [6, 6.07) is 7.22. The number of hydrogen-bond donors (Lipinski definition) is 0. The van der Waals surface area contributed by atoms with Crippen LogP contribution in [0, 0.1) is 6.92 Å². The van der Waals surface area contributed by atoms with Crippen LogP contribution in [0.5, 0.6) is 5.75 Å². The number of aryl methyl sites for hydroxylation is 1. The molecule has 0 aliphatic carbocycles. The lowest BCUT2D eigenvalue weighted by Gasteiger charge is -2.20. The van der Waals surface area contributed by atoms with E-state index in [1.165, 1.54) is 0 Å². The first-order chi connectivity index (χ1) is 10.4. The van der Waals surface area contributed by atoms with E-state index in [4.69, 9.17) is 13.6 Å². The van der Waals surface area contributed by atoms with Crippen LogP contribution in [0.15, 0.2) is 24.3 Å². The molecule has 0 spiro atoms. The first-order valence-corrected chi connectivity index (χ1v) is 12.0. The highest BCUT2D eigenvalue weighted by atomic mass is 79.9. The third-order valence-corrected chi connectivity index (χ3v) is 8.24. The van der Waals surface area contributed by atoms with Gasteiger partial charge in [0.15, 0.2) is 0 Å². The Morgan fingerprint density at radius 2 is 1.45 bits per heavy atom. The molecule has 0 aliphatic heterocycles. The van der Waals surface area contributed by atoms with E-state index >= 15 is 0 Å². The van der Waals surface area contributed by atoms with Crippen molar-refractivity contribution in [2.24, 2.45) is 0 Å². The lowest BCUT2D eigenvalue weighted by Crippen LogP contribution is -2.15. The van der Waals surface area contributed by atoms with Gasteiger partial charge in [-0.1, -0.05) is 81.4 Å². The number of benzene rings is 1. The van der Waals surface area contributed by atoms with Gasteiger partial charge >= 0.3 is 7.82 Å². The van der Waals surface area contributed by atoms with E-state index < -0.39 is 7.82 Å². The number of halogens is 4. The number of hydrogen-bond acceptors (Lipinski definition) is 4. The summed E-state index contributed by atoms with van der Waals surface area (Å²) >= 11 is 13.4. The molecule has 0 bridgehead atoms. The van der Waals surface area contributed by atoms with Crippen molar-refractivity contribution in [3.63, 3.8) is 0 Å². The Morgan fingerprint density at radius 3 is 1.86 bits per heavy atom. The van der Waals surface area contributed by atoms with Crippen LogP contribution in [0.4, 0.5) is 0 Å². The summed E-state index contributed by atoms with van der Waals surface area (Å²) in [6.45, 7) is 2.37. The third kappa shape index (κ3) is 8.27. The molecule has 0 amide bonds. The largest absolute Gasteiger partial charge is 0.530 e. The van der Waals surface area contributed by atoms with Crippen molar-refractivity contribution in [2.45, 2.75) is 16.6 Å². The van der Waals surface area contributed by atoms with Gasteiger partial charge in [-0.3, -0.25) is 9.05 Å². The van der Waals surface area contributed by atoms with Crippen molar-refractivity contribution in [3.8, 4) is 5.75 Å². The van der Waals surface area contributed by atoms with Crippen LogP contribution >= 0.6 is 71.5 Å². The molecule has 0 heterocycles. The highest BCUT2D eigenvalue weighted by Gasteiger charge is 2.30. The molecule has 4 nitrogen and oxygen atoms in total. The number of phosphoric acid groups is 1. The van der Waals surface area contributed by atoms with Gasteiger partial charge in [-0.05, 0) is 19.1 Å². The molecule has 9 heteroatoms. The van der Waals surface area contributed by atoms with Crippen molar-refractivity contribution in [1.82, 2.24) is 0 Å². The second kappa shape index (κ2) is 10.9. The Kier molecular flexibility index (Phi) is 10.4. The fourth-order valence-electron chi connectivity index (χ4n) is 1.25. The van der Waals surface area contributed by atoms with Crippen molar-refractivity contribution >= 4 is 71.5 Å². The molecule has 2 atom stereocenters. The summed E-state index contributed by atoms with van der Waals surface area (Å²) < 4.78 is 29.1. The van der Waals surface area contributed by atoms with E-state index in [-0.39, 0.29) is 22.9 Å². The maximum Gasteiger partial charge on any atom is 0.530 e. The lowest BCUT2D eigenvalue weighted by molar-refractivity contribution is 0.160. The monoisotopic (exact) mass is 584 g/mol. The lowest BCUT2D eigenvalue weighted by atomic mass is 10.2. The Bertz CT molecular complexity index is 467. The predicted octanol–water partition coefficient (Wildman–Crippen LogP) is 5.83. The average Bonchev–Trinajstić information content (AvgIpc) is 2.52. The molecule has 0 saturated carbocycles. The highest BCUT2D eigenvalue weighted by Crippen LogP contribution is 2.50. The Hall–Kier alpha value is 1.09. The fourth-order valence-corrected chi connectivity index (χ4v) is 3.58. The number of rotatable bonds is 10. The zero-order chi connectivity index (χ0) is 16.6. The zero-order valence-corrected chi connectivity index (χ0v) is 19.1. The molecule has 0 aromatic heterocycles. The van der Waals surface area contributed by atoms with Gasteiger partial charge in [-0.15, -0.1) is 0 Å². The van der Waals surface area contributed by atoms with Crippen molar-refractivity contribution < 1.29 is 18.1 Å². The van der Waals surface area contributed by atoms with E-state index in [0.717, 1.165) is 5.56 Å². The highest BCUT2D eigenvalue weighted by molar-refractivity contribution is 9.12. The quantitative estimate of drug-likeness (QED) is 0.255. The van der Waals surface area contributed by atoms with E-state index in [1.807, 2.05) is 19.1 Å². The van der Waals surface area contributed by atoms with Crippen LogP contribution in [0.2, 0.25) is 0 Å². The third-order valence-electron chi connectivity index (χ3n) is 2.40. The molecule has 126 valence electrons. The van der Waals surface area contributed by atoms with Gasteiger partial charge in [-0.2, -0.15) is 0 Å². The summed E-state index contributed by atoms with van der Waals surface area (Å²) in [5.74, 6) is 0.448. The van der Waals surface area contributed by atoms with Gasteiger partial charge < -0.3 is 4.52 Å². The van der Waals surface area contributed by atoms with Gasteiger partial charge in [-0.25, -0.2) is 4.57 Å². The molecule has 2 unspecified atom stereocenters. The zero-order valence-electron chi connectivity index (χ0n) is 11.9. The average molecular weight is 588 g/mol. The first kappa shape index (κ1) is 21.1. The molecule has 22 heavy (non-hydrogen) atoms. The molecule has 0 fully saturated rings. The topological polar surface area (TPSA) is 44.8 Å². The predicted molar refractivity (Wildman–Crippen MR) is 104 cm³/mol. The molecule has 1 aromatic carbocycles. The van der Waals surface area contributed by atoms with Gasteiger partial charge in [0.25, 0.3) is 0 Å². The van der Waals surface area contributed by atoms with Crippen molar-refractivity contribution in [3.05, 3.63) is 29.8 Å². The Balaban J connectivity index is 2.75. The second-order valence-corrected chi connectivity index (χ2v) is 9.92. The van der Waals surface area contributed by atoms with E-state index in [2.05, 4.69) is 63.7 Å². The molecule has 1 aromatic rings. The summed E-state index contributed by atoms with van der Waals surface area (Å²) in [6.07, 6.45) is 0. The number of alkyl halides is 4. The van der Waals surface area contributed by atoms with E-state index in [9.17, 15) is 4.57 Å². The summed E-state index contributed by atoms with van der Waals surface area (Å²) in [5.41, 5.74) is 1.09. The van der Waals surface area contributed by atoms with Gasteiger partial charge in [0.05, 0.1) is 13.2 Å². The number of phosphoric ester groups is 1.